The Hall–Kier alpha value is -1.10. The van der Waals surface area contributed by atoms with Gasteiger partial charge in [0.25, 0.3) is 0 Å². The number of carbonyl (C=O) groups excluding carboxylic acids is 2. The fourth-order valence-electron chi connectivity index (χ4n) is 1.33. The summed E-state index contributed by atoms with van der Waals surface area (Å²) in [7, 11) is 0. The summed E-state index contributed by atoms with van der Waals surface area (Å²) in [5, 5.41) is 0. The topological polar surface area (TPSA) is 72.6 Å². The third-order valence-corrected chi connectivity index (χ3v) is 2.33. The first-order chi connectivity index (χ1) is 7.00. The highest BCUT2D eigenvalue weighted by Crippen LogP contribution is 2.09. The number of carbonyl (C=O) groups is 2. The van der Waals surface area contributed by atoms with Gasteiger partial charge in [-0.3, -0.25) is 0 Å². The number of ether oxygens (including phenoxy) is 1. The van der Waals surface area contributed by atoms with Gasteiger partial charge in [-0.15, -0.1) is 0 Å². The van der Waals surface area contributed by atoms with Crippen molar-refractivity contribution >= 4 is 12.1 Å². The van der Waals surface area contributed by atoms with Crippen molar-refractivity contribution in [2.24, 2.45) is 11.7 Å². The molecule has 1 aliphatic heterocycles. The van der Waals surface area contributed by atoms with E-state index in [4.69, 9.17) is 5.73 Å². The van der Waals surface area contributed by atoms with E-state index in [1.165, 1.54) is 4.90 Å². The SMILES string of the molecule is CC(C)C[C@H](N)C(=O)OC(=O)N1CCC1. The molecular weight excluding hydrogens is 196 g/mol. The van der Waals surface area contributed by atoms with Crippen LogP contribution in [-0.4, -0.2) is 36.1 Å². The van der Waals surface area contributed by atoms with Gasteiger partial charge in [-0.05, 0) is 18.8 Å². The Bertz CT molecular complexity index is 249. The van der Waals surface area contributed by atoms with E-state index in [1.54, 1.807) is 0 Å². The number of rotatable bonds is 3. The lowest BCUT2D eigenvalue weighted by molar-refractivity contribution is -0.140. The summed E-state index contributed by atoms with van der Waals surface area (Å²) >= 11 is 0. The van der Waals surface area contributed by atoms with E-state index < -0.39 is 18.1 Å². The number of amides is 1. The fourth-order valence-corrected chi connectivity index (χ4v) is 1.33. The quantitative estimate of drug-likeness (QED) is 0.555. The zero-order valence-electron chi connectivity index (χ0n) is 9.23. The first kappa shape index (κ1) is 12.0. The third-order valence-electron chi connectivity index (χ3n) is 2.33. The van der Waals surface area contributed by atoms with Crippen molar-refractivity contribution in [1.29, 1.82) is 0 Å². The molecular formula is C10H18N2O3. The van der Waals surface area contributed by atoms with Crippen LogP contribution < -0.4 is 5.73 Å². The van der Waals surface area contributed by atoms with Crippen LogP contribution in [0.1, 0.15) is 26.7 Å². The first-order valence-corrected chi connectivity index (χ1v) is 5.27. The van der Waals surface area contributed by atoms with Crippen molar-refractivity contribution < 1.29 is 14.3 Å². The molecule has 0 unspecified atom stereocenters. The van der Waals surface area contributed by atoms with Crippen molar-refractivity contribution in [1.82, 2.24) is 4.90 Å². The molecule has 0 aromatic carbocycles. The van der Waals surface area contributed by atoms with Gasteiger partial charge in [-0.1, -0.05) is 13.8 Å². The fraction of sp³-hybridized carbons (Fsp3) is 0.800. The molecule has 1 fully saturated rings. The number of hydrogen-bond acceptors (Lipinski definition) is 4. The van der Waals surface area contributed by atoms with Gasteiger partial charge in [0.05, 0.1) is 0 Å². The Kier molecular flexibility index (Phi) is 4.08. The second-order valence-corrected chi connectivity index (χ2v) is 4.26. The van der Waals surface area contributed by atoms with Crippen LogP contribution in [0.5, 0.6) is 0 Å². The van der Waals surface area contributed by atoms with Crippen LogP contribution in [0, 0.1) is 5.92 Å². The normalized spacial score (nSPS) is 17.2. The molecule has 0 aliphatic carbocycles. The maximum absolute atomic E-state index is 11.3. The lowest BCUT2D eigenvalue weighted by Crippen LogP contribution is -2.45. The Morgan fingerprint density at radius 3 is 2.40 bits per heavy atom. The minimum atomic E-state index is -0.699. The average Bonchev–Trinajstić information content (AvgIpc) is 1.98. The predicted molar refractivity (Wildman–Crippen MR) is 55.1 cm³/mol. The van der Waals surface area contributed by atoms with E-state index >= 15 is 0 Å². The molecule has 1 heterocycles. The zero-order valence-corrected chi connectivity index (χ0v) is 9.23. The summed E-state index contributed by atoms with van der Waals surface area (Å²) in [6, 6.07) is -0.699. The van der Waals surface area contributed by atoms with Crippen molar-refractivity contribution in [3.8, 4) is 0 Å². The lowest BCUT2D eigenvalue weighted by atomic mass is 10.1. The van der Waals surface area contributed by atoms with Crippen LogP contribution in [0.15, 0.2) is 0 Å². The lowest BCUT2D eigenvalue weighted by Gasteiger charge is -2.29. The Balaban J connectivity index is 2.30. The van der Waals surface area contributed by atoms with Crippen LogP contribution in [0.4, 0.5) is 4.79 Å². The maximum atomic E-state index is 11.3. The minimum Gasteiger partial charge on any atom is -0.375 e. The molecule has 5 heteroatoms. The number of likely N-dealkylation sites (tertiary alicyclic amines) is 1. The maximum Gasteiger partial charge on any atom is 0.417 e. The first-order valence-electron chi connectivity index (χ1n) is 5.27. The third kappa shape index (κ3) is 3.51. The molecule has 1 saturated heterocycles. The highest BCUT2D eigenvalue weighted by atomic mass is 16.6. The molecule has 5 nitrogen and oxygen atoms in total. The van der Waals surface area contributed by atoms with Crippen LogP contribution in [0.2, 0.25) is 0 Å². The number of nitrogens with two attached hydrogens (primary N) is 1. The Morgan fingerprint density at radius 2 is 2.00 bits per heavy atom. The van der Waals surface area contributed by atoms with Gasteiger partial charge in [0, 0.05) is 13.1 Å². The van der Waals surface area contributed by atoms with Gasteiger partial charge < -0.3 is 15.4 Å². The van der Waals surface area contributed by atoms with Crippen molar-refractivity contribution in [2.45, 2.75) is 32.7 Å². The monoisotopic (exact) mass is 214 g/mol. The minimum absolute atomic E-state index is 0.312. The van der Waals surface area contributed by atoms with Crippen molar-refractivity contribution in [2.75, 3.05) is 13.1 Å². The number of esters is 1. The van der Waals surface area contributed by atoms with Crippen LogP contribution in [0.25, 0.3) is 0 Å². The molecule has 1 rings (SSSR count). The molecule has 86 valence electrons. The molecule has 0 bridgehead atoms. The van der Waals surface area contributed by atoms with Gasteiger partial charge in [0.1, 0.15) is 6.04 Å². The molecule has 2 N–H and O–H groups in total. The molecule has 1 atom stereocenters. The summed E-state index contributed by atoms with van der Waals surface area (Å²) in [4.78, 5) is 24.1. The van der Waals surface area contributed by atoms with Gasteiger partial charge in [-0.2, -0.15) is 0 Å². The average molecular weight is 214 g/mol. The number of hydrogen-bond donors (Lipinski definition) is 1. The predicted octanol–water partition coefficient (Wildman–Crippen LogP) is 0.729. The molecule has 0 saturated carbocycles. The van der Waals surface area contributed by atoms with Gasteiger partial charge in [0.15, 0.2) is 0 Å². The zero-order chi connectivity index (χ0) is 11.4. The largest absolute Gasteiger partial charge is 0.417 e. The summed E-state index contributed by atoms with van der Waals surface area (Å²) in [6.45, 7) is 5.27. The van der Waals surface area contributed by atoms with E-state index in [9.17, 15) is 9.59 Å². The summed E-state index contributed by atoms with van der Waals surface area (Å²) in [5.41, 5.74) is 5.58. The summed E-state index contributed by atoms with van der Waals surface area (Å²) in [5.74, 6) is -0.313. The van der Waals surface area contributed by atoms with E-state index in [-0.39, 0.29) is 0 Å². The standard InChI is InChI=1S/C10H18N2O3/c1-7(2)6-8(11)9(13)15-10(14)12-4-3-5-12/h7-8H,3-6,11H2,1-2H3/t8-/m0/s1. The van der Waals surface area contributed by atoms with Gasteiger partial charge >= 0.3 is 12.1 Å². The molecule has 1 aliphatic rings. The molecule has 0 radical (unpaired) electrons. The molecule has 1 amide bonds. The van der Waals surface area contributed by atoms with Crippen LogP contribution >= 0.6 is 0 Å². The molecule has 15 heavy (non-hydrogen) atoms. The van der Waals surface area contributed by atoms with Crippen LogP contribution in [-0.2, 0) is 9.53 Å². The second kappa shape index (κ2) is 5.11. The highest BCUT2D eigenvalue weighted by molar-refractivity contribution is 5.87. The van der Waals surface area contributed by atoms with Crippen molar-refractivity contribution in [3.05, 3.63) is 0 Å². The van der Waals surface area contributed by atoms with Gasteiger partial charge in [-0.25, -0.2) is 9.59 Å². The Morgan fingerprint density at radius 1 is 1.40 bits per heavy atom. The number of nitrogens with zero attached hydrogens (tertiary/aromatic N) is 1. The van der Waals surface area contributed by atoms with Gasteiger partial charge in [0.2, 0.25) is 0 Å². The molecule has 0 spiro atoms. The molecule has 0 aromatic rings. The Labute approximate surface area is 89.6 Å². The van der Waals surface area contributed by atoms with E-state index in [2.05, 4.69) is 4.74 Å². The van der Waals surface area contributed by atoms with E-state index in [0.717, 1.165) is 6.42 Å². The van der Waals surface area contributed by atoms with E-state index in [1.807, 2.05) is 13.8 Å². The summed E-state index contributed by atoms with van der Waals surface area (Å²) < 4.78 is 4.64. The van der Waals surface area contributed by atoms with Crippen molar-refractivity contribution in [3.63, 3.8) is 0 Å². The van der Waals surface area contributed by atoms with E-state index in [0.29, 0.717) is 25.4 Å². The summed E-state index contributed by atoms with van der Waals surface area (Å²) in [6.07, 6.45) is 0.943. The second-order valence-electron chi connectivity index (χ2n) is 4.26. The highest BCUT2D eigenvalue weighted by Gasteiger charge is 2.26. The van der Waals surface area contributed by atoms with Crippen LogP contribution in [0.3, 0.4) is 0 Å². The smallest absolute Gasteiger partial charge is 0.375 e. The molecule has 0 aromatic heterocycles.